The number of nitrogens with one attached hydrogen (secondary N) is 2. The van der Waals surface area contributed by atoms with Gasteiger partial charge in [0.2, 0.25) is 0 Å². The Hall–Kier alpha value is -2.43. The molecule has 0 bridgehead atoms. The van der Waals surface area contributed by atoms with Crippen molar-refractivity contribution in [2.75, 3.05) is 0 Å². The van der Waals surface area contributed by atoms with Crippen molar-refractivity contribution in [3.8, 4) is 0 Å². The molecule has 0 aliphatic rings. The molecule has 2 N–H and O–H groups in total. The zero-order chi connectivity index (χ0) is 15.6. The Morgan fingerprint density at radius 1 is 1.29 bits per heavy atom. The molecule has 0 spiro atoms. The largest absolute Gasteiger partial charge is 0.354 e. The fourth-order valence-corrected chi connectivity index (χ4v) is 2.48. The van der Waals surface area contributed by atoms with Gasteiger partial charge in [-0.1, -0.05) is 6.07 Å². The molecule has 2 rings (SSSR count). The Morgan fingerprint density at radius 3 is 2.52 bits per heavy atom. The van der Waals surface area contributed by atoms with Gasteiger partial charge in [-0.05, 0) is 45.4 Å². The van der Waals surface area contributed by atoms with Crippen LogP contribution < -0.4 is 5.32 Å². The van der Waals surface area contributed by atoms with E-state index in [4.69, 9.17) is 0 Å². The highest BCUT2D eigenvalue weighted by Crippen LogP contribution is 2.19. The van der Waals surface area contributed by atoms with Gasteiger partial charge < -0.3 is 10.3 Å². The lowest BCUT2D eigenvalue weighted by molar-refractivity contribution is 0.0933. The molecule has 0 saturated carbocycles. The number of ketones is 1. The maximum absolute atomic E-state index is 12.4. The average molecular weight is 285 g/mol. The van der Waals surface area contributed by atoms with E-state index >= 15 is 0 Å². The van der Waals surface area contributed by atoms with Gasteiger partial charge in [-0.2, -0.15) is 0 Å². The van der Waals surface area contributed by atoms with Gasteiger partial charge in [-0.15, -0.1) is 0 Å². The zero-order valence-corrected chi connectivity index (χ0v) is 12.7. The number of aromatic nitrogens is 2. The van der Waals surface area contributed by atoms with E-state index in [9.17, 15) is 9.59 Å². The van der Waals surface area contributed by atoms with Crippen molar-refractivity contribution in [2.45, 2.75) is 33.7 Å². The topological polar surface area (TPSA) is 74.8 Å². The van der Waals surface area contributed by atoms with Gasteiger partial charge in [-0.3, -0.25) is 14.6 Å². The van der Waals surface area contributed by atoms with E-state index in [0.717, 1.165) is 11.4 Å². The molecule has 2 aromatic heterocycles. The normalized spacial score (nSPS) is 12.0. The summed E-state index contributed by atoms with van der Waals surface area (Å²) in [7, 11) is 0. The number of carbonyl (C=O) groups excluding carboxylic acids is 2. The van der Waals surface area contributed by atoms with Crippen LogP contribution in [0.5, 0.6) is 0 Å². The van der Waals surface area contributed by atoms with Crippen molar-refractivity contribution >= 4 is 11.7 Å². The predicted octanol–water partition coefficient (Wildman–Crippen LogP) is 2.72. The molecule has 5 nitrogen and oxygen atoms in total. The van der Waals surface area contributed by atoms with Crippen LogP contribution in [-0.2, 0) is 0 Å². The third kappa shape index (κ3) is 3.02. The molecule has 21 heavy (non-hydrogen) atoms. The minimum atomic E-state index is -0.235. The smallest absolute Gasteiger partial charge is 0.268 e. The fraction of sp³-hybridized carbons (Fsp3) is 0.312. The maximum Gasteiger partial charge on any atom is 0.268 e. The van der Waals surface area contributed by atoms with Gasteiger partial charge in [0.1, 0.15) is 5.69 Å². The SMILES string of the molecule is CC(=O)c1c(C)[nH]c(C(=O)N[C@H](C)c2ccccn2)c1C. The Labute approximate surface area is 123 Å². The van der Waals surface area contributed by atoms with Crippen molar-refractivity contribution in [3.63, 3.8) is 0 Å². The second kappa shape index (κ2) is 5.91. The van der Waals surface area contributed by atoms with E-state index in [1.165, 1.54) is 6.92 Å². The zero-order valence-electron chi connectivity index (χ0n) is 12.7. The van der Waals surface area contributed by atoms with Crippen LogP contribution in [0.25, 0.3) is 0 Å². The molecular weight excluding hydrogens is 266 g/mol. The van der Waals surface area contributed by atoms with Crippen molar-refractivity contribution in [1.82, 2.24) is 15.3 Å². The van der Waals surface area contributed by atoms with Gasteiger partial charge in [-0.25, -0.2) is 0 Å². The van der Waals surface area contributed by atoms with Crippen LogP contribution in [0.1, 0.15) is 57.7 Å². The highest BCUT2D eigenvalue weighted by atomic mass is 16.2. The first kappa shape index (κ1) is 15.0. The van der Waals surface area contributed by atoms with Gasteiger partial charge in [0.25, 0.3) is 5.91 Å². The number of aromatic amines is 1. The van der Waals surface area contributed by atoms with Gasteiger partial charge in [0.05, 0.1) is 11.7 Å². The van der Waals surface area contributed by atoms with Crippen LogP contribution in [0.2, 0.25) is 0 Å². The van der Waals surface area contributed by atoms with E-state index in [1.54, 1.807) is 20.0 Å². The summed E-state index contributed by atoms with van der Waals surface area (Å²) in [4.78, 5) is 31.2. The van der Waals surface area contributed by atoms with Crippen LogP contribution in [-0.4, -0.2) is 21.7 Å². The first-order valence-corrected chi connectivity index (χ1v) is 6.83. The lowest BCUT2D eigenvalue weighted by Crippen LogP contribution is -2.28. The monoisotopic (exact) mass is 285 g/mol. The third-order valence-electron chi connectivity index (χ3n) is 3.50. The number of hydrogen-bond acceptors (Lipinski definition) is 3. The lowest BCUT2D eigenvalue weighted by Gasteiger charge is -2.13. The molecule has 110 valence electrons. The minimum absolute atomic E-state index is 0.0434. The highest BCUT2D eigenvalue weighted by molar-refractivity contribution is 6.02. The second-order valence-electron chi connectivity index (χ2n) is 5.13. The summed E-state index contributed by atoms with van der Waals surface area (Å²) in [5, 5.41) is 2.89. The number of hydrogen-bond donors (Lipinski definition) is 2. The summed E-state index contributed by atoms with van der Waals surface area (Å²) in [5.74, 6) is -0.278. The number of amides is 1. The minimum Gasteiger partial charge on any atom is -0.354 e. The van der Waals surface area contributed by atoms with E-state index in [-0.39, 0.29) is 17.7 Å². The van der Waals surface area contributed by atoms with Crippen LogP contribution in [0.15, 0.2) is 24.4 Å². The summed E-state index contributed by atoms with van der Waals surface area (Å²) in [6.07, 6.45) is 1.69. The number of H-pyrrole nitrogens is 1. The van der Waals surface area contributed by atoms with Crippen LogP contribution in [0, 0.1) is 13.8 Å². The lowest BCUT2D eigenvalue weighted by atomic mass is 10.1. The predicted molar refractivity (Wildman–Crippen MR) is 80.4 cm³/mol. The quantitative estimate of drug-likeness (QED) is 0.848. The number of rotatable bonds is 4. The van der Waals surface area contributed by atoms with E-state index < -0.39 is 0 Å². The molecule has 0 aliphatic carbocycles. The first-order chi connectivity index (χ1) is 9.91. The summed E-state index contributed by atoms with van der Waals surface area (Å²) < 4.78 is 0. The van der Waals surface area contributed by atoms with Crippen molar-refractivity contribution in [2.24, 2.45) is 0 Å². The Bertz CT molecular complexity index is 674. The highest BCUT2D eigenvalue weighted by Gasteiger charge is 2.21. The van der Waals surface area contributed by atoms with E-state index in [2.05, 4.69) is 15.3 Å². The number of aryl methyl sites for hydroxylation is 1. The number of pyridine rings is 1. The summed E-state index contributed by atoms with van der Waals surface area (Å²) in [6, 6.07) is 5.36. The Balaban J connectivity index is 2.22. The average Bonchev–Trinajstić information content (AvgIpc) is 2.75. The first-order valence-electron chi connectivity index (χ1n) is 6.83. The van der Waals surface area contributed by atoms with Crippen molar-refractivity contribution in [1.29, 1.82) is 0 Å². The van der Waals surface area contributed by atoms with E-state index in [1.807, 2.05) is 25.1 Å². The Morgan fingerprint density at radius 2 is 2.00 bits per heavy atom. The van der Waals surface area contributed by atoms with Gasteiger partial charge >= 0.3 is 0 Å². The summed E-state index contributed by atoms with van der Waals surface area (Å²) in [6.45, 7) is 6.95. The van der Waals surface area contributed by atoms with Crippen molar-refractivity contribution in [3.05, 3.63) is 52.6 Å². The van der Waals surface area contributed by atoms with Crippen molar-refractivity contribution < 1.29 is 9.59 Å². The van der Waals surface area contributed by atoms with Crippen LogP contribution in [0.4, 0.5) is 0 Å². The molecular formula is C16H19N3O2. The summed E-state index contributed by atoms with van der Waals surface area (Å²) >= 11 is 0. The molecule has 0 fully saturated rings. The molecule has 0 unspecified atom stereocenters. The summed E-state index contributed by atoms with van der Waals surface area (Å²) in [5.41, 5.74) is 3.21. The molecule has 1 amide bonds. The van der Waals surface area contributed by atoms with Gasteiger partial charge in [0, 0.05) is 17.5 Å². The van der Waals surface area contributed by atoms with E-state index in [0.29, 0.717) is 16.8 Å². The number of Topliss-reactive ketones (excluding diaryl/α,β-unsaturated/α-hetero) is 1. The molecule has 0 radical (unpaired) electrons. The fourth-order valence-electron chi connectivity index (χ4n) is 2.48. The molecule has 2 heterocycles. The molecule has 1 atom stereocenters. The Kier molecular flexibility index (Phi) is 4.21. The molecule has 5 heteroatoms. The van der Waals surface area contributed by atoms with Gasteiger partial charge in [0.15, 0.2) is 5.78 Å². The number of carbonyl (C=O) groups is 2. The third-order valence-corrected chi connectivity index (χ3v) is 3.50. The molecule has 0 saturated heterocycles. The standard InChI is InChI=1S/C16H19N3O2/c1-9-14(12(4)20)11(3)18-15(9)16(21)19-10(2)13-7-5-6-8-17-13/h5-8,10,18H,1-4H3,(H,19,21)/t10-/m1/s1. The van der Waals surface area contributed by atoms with Crippen LogP contribution >= 0.6 is 0 Å². The maximum atomic E-state index is 12.4. The molecule has 2 aromatic rings. The number of nitrogens with zero attached hydrogens (tertiary/aromatic N) is 1. The second-order valence-corrected chi connectivity index (χ2v) is 5.13. The van der Waals surface area contributed by atoms with Crippen LogP contribution in [0.3, 0.4) is 0 Å². The molecule has 0 aliphatic heterocycles. The molecule has 0 aromatic carbocycles.